The van der Waals surface area contributed by atoms with Crippen LogP contribution in [-0.4, -0.2) is 30.5 Å². The lowest BCUT2D eigenvalue weighted by atomic mass is 10.1. The topological polar surface area (TPSA) is 51.2 Å². The van der Waals surface area contributed by atoms with Gasteiger partial charge in [-0.1, -0.05) is 12.8 Å². The first-order valence-corrected chi connectivity index (χ1v) is 6.05. The third-order valence-corrected chi connectivity index (χ3v) is 3.18. The van der Waals surface area contributed by atoms with Gasteiger partial charge in [-0.2, -0.15) is 0 Å². The minimum Gasteiger partial charge on any atom is -0.495 e. The van der Waals surface area contributed by atoms with Crippen molar-refractivity contribution in [2.75, 3.05) is 13.7 Å². The van der Waals surface area contributed by atoms with Crippen molar-refractivity contribution in [1.29, 1.82) is 0 Å². The molecule has 0 saturated heterocycles. The summed E-state index contributed by atoms with van der Waals surface area (Å²) < 4.78 is 5.05. The molecule has 1 aromatic heterocycles. The van der Waals surface area contributed by atoms with E-state index in [4.69, 9.17) is 4.74 Å². The molecule has 92 valence electrons. The summed E-state index contributed by atoms with van der Waals surface area (Å²) >= 11 is 0. The number of hydrogen-bond acceptors (Lipinski definition) is 4. The number of carbonyl (C=O) groups is 1. The Bertz CT molecular complexity index is 387. The third kappa shape index (κ3) is 3.27. The van der Waals surface area contributed by atoms with E-state index < -0.39 is 0 Å². The minimum absolute atomic E-state index is 0.0725. The summed E-state index contributed by atoms with van der Waals surface area (Å²) in [5, 5.41) is 3.30. The first-order chi connectivity index (χ1) is 8.29. The Hall–Kier alpha value is -1.42. The molecule has 2 rings (SSSR count). The lowest BCUT2D eigenvalue weighted by Crippen LogP contribution is -2.31. The number of carbonyl (C=O) groups excluding carboxylic acids is 1. The van der Waals surface area contributed by atoms with Gasteiger partial charge in [0.05, 0.1) is 19.9 Å². The van der Waals surface area contributed by atoms with E-state index >= 15 is 0 Å². The van der Waals surface area contributed by atoms with Crippen LogP contribution in [0, 0.1) is 0 Å². The Balaban J connectivity index is 1.89. The zero-order chi connectivity index (χ0) is 12.1. The van der Waals surface area contributed by atoms with Crippen molar-refractivity contribution < 1.29 is 9.53 Å². The fraction of sp³-hybridized carbons (Fsp3) is 0.538. The lowest BCUT2D eigenvalue weighted by Gasteiger charge is -2.10. The number of ether oxygens (including phenoxy) is 1. The van der Waals surface area contributed by atoms with Crippen LogP contribution >= 0.6 is 0 Å². The normalized spacial score (nSPS) is 16.1. The second-order valence-corrected chi connectivity index (χ2v) is 4.40. The van der Waals surface area contributed by atoms with E-state index in [-0.39, 0.29) is 5.78 Å². The van der Waals surface area contributed by atoms with Crippen molar-refractivity contribution in [2.24, 2.45) is 0 Å². The molecule has 0 spiro atoms. The first kappa shape index (κ1) is 12.0. The fourth-order valence-corrected chi connectivity index (χ4v) is 2.15. The van der Waals surface area contributed by atoms with E-state index in [1.807, 2.05) is 0 Å². The molecule has 0 unspecified atom stereocenters. The number of pyridine rings is 1. The first-order valence-electron chi connectivity index (χ1n) is 6.05. The van der Waals surface area contributed by atoms with Crippen LogP contribution in [0.2, 0.25) is 0 Å². The Morgan fingerprint density at radius 2 is 2.24 bits per heavy atom. The van der Waals surface area contributed by atoms with Crippen molar-refractivity contribution >= 4 is 5.78 Å². The number of ketones is 1. The molecule has 0 aliphatic heterocycles. The average molecular weight is 234 g/mol. The maximum atomic E-state index is 11.9. The van der Waals surface area contributed by atoms with Crippen molar-refractivity contribution in [3.8, 4) is 5.75 Å². The fourth-order valence-electron chi connectivity index (χ4n) is 2.15. The van der Waals surface area contributed by atoms with Gasteiger partial charge in [0.15, 0.2) is 5.78 Å². The molecule has 1 N–H and O–H groups in total. The number of Topliss-reactive ketones (excluding diaryl/α,β-unsaturated/α-hetero) is 1. The molecule has 1 saturated carbocycles. The molecule has 1 aromatic rings. The third-order valence-electron chi connectivity index (χ3n) is 3.18. The molecule has 1 heterocycles. The Morgan fingerprint density at radius 1 is 1.47 bits per heavy atom. The van der Waals surface area contributed by atoms with E-state index in [0.29, 0.717) is 23.9 Å². The minimum atomic E-state index is 0.0725. The Labute approximate surface area is 101 Å². The summed E-state index contributed by atoms with van der Waals surface area (Å²) in [6, 6.07) is 2.24. The maximum absolute atomic E-state index is 11.9. The van der Waals surface area contributed by atoms with Gasteiger partial charge in [-0.05, 0) is 18.9 Å². The van der Waals surface area contributed by atoms with Gasteiger partial charge in [0.1, 0.15) is 5.75 Å². The van der Waals surface area contributed by atoms with Crippen molar-refractivity contribution in [2.45, 2.75) is 31.7 Å². The molecule has 0 radical (unpaired) electrons. The zero-order valence-corrected chi connectivity index (χ0v) is 10.1. The van der Waals surface area contributed by atoms with Crippen LogP contribution in [-0.2, 0) is 0 Å². The molecule has 1 fully saturated rings. The predicted molar refractivity (Wildman–Crippen MR) is 65.4 cm³/mol. The number of nitrogens with one attached hydrogen (secondary N) is 1. The molecule has 0 atom stereocenters. The predicted octanol–water partition coefficient (Wildman–Crippen LogP) is 1.81. The summed E-state index contributed by atoms with van der Waals surface area (Å²) in [6.45, 7) is 0.388. The summed E-state index contributed by atoms with van der Waals surface area (Å²) in [5.41, 5.74) is 0.606. The monoisotopic (exact) mass is 234 g/mol. The van der Waals surface area contributed by atoms with E-state index in [1.54, 1.807) is 25.6 Å². The highest BCUT2D eigenvalue weighted by Crippen LogP contribution is 2.17. The smallest absolute Gasteiger partial charge is 0.178 e. The highest BCUT2D eigenvalue weighted by atomic mass is 16.5. The Morgan fingerprint density at radius 3 is 2.94 bits per heavy atom. The molecule has 17 heavy (non-hydrogen) atoms. The van der Waals surface area contributed by atoms with Gasteiger partial charge < -0.3 is 10.1 Å². The van der Waals surface area contributed by atoms with Crippen LogP contribution in [0.3, 0.4) is 0 Å². The van der Waals surface area contributed by atoms with Gasteiger partial charge in [-0.25, -0.2) is 0 Å². The van der Waals surface area contributed by atoms with E-state index in [1.165, 1.54) is 25.7 Å². The molecule has 4 heteroatoms. The van der Waals surface area contributed by atoms with Crippen LogP contribution in [0.15, 0.2) is 18.5 Å². The van der Waals surface area contributed by atoms with Crippen molar-refractivity contribution in [3.63, 3.8) is 0 Å². The van der Waals surface area contributed by atoms with Gasteiger partial charge in [-0.15, -0.1) is 0 Å². The number of nitrogens with zero attached hydrogens (tertiary/aromatic N) is 1. The van der Waals surface area contributed by atoms with E-state index in [9.17, 15) is 4.79 Å². The molecule has 1 aliphatic carbocycles. The molecule has 0 aromatic carbocycles. The van der Waals surface area contributed by atoms with Crippen molar-refractivity contribution in [1.82, 2.24) is 10.3 Å². The van der Waals surface area contributed by atoms with Crippen LogP contribution < -0.4 is 10.1 Å². The number of hydrogen-bond donors (Lipinski definition) is 1. The van der Waals surface area contributed by atoms with Crippen LogP contribution in [0.4, 0.5) is 0 Å². The largest absolute Gasteiger partial charge is 0.495 e. The zero-order valence-electron chi connectivity index (χ0n) is 10.1. The lowest BCUT2D eigenvalue weighted by molar-refractivity contribution is 0.0986. The van der Waals surface area contributed by atoms with Gasteiger partial charge >= 0.3 is 0 Å². The molecule has 0 bridgehead atoms. The maximum Gasteiger partial charge on any atom is 0.178 e. The van der Waals surface area contributed by atoms with Gasteiger partial charge in [0, 0.05) is 17.8 Å². The van der Waals surface area contributed by atoms with Gasteiger partial charge in [0.25, 0.3) is 0 Å². The Kier molecular flexibility index (Phi) is 4.09. The molecular formula is C13H18N2O2. The standard InChI is InChI=1S/C13H18N2O2/c1-17-12-6-10(7-14-8-12)13(16)9-15-11-4-2-3-5-11/h6-8,11,15H,2-5,9H2,1H3. The summed E-state index contributed by atoms with van der Waals surface area (Å²) in [4.78, 5) is 15.9. The van der Waals surface area contributed by atoms with Crippen LogP contribution in [0.5, 0.6) is 5.75 Å². The highest BCUT2D eigenvalue weighted by molar-refractivity contribution is 5.97. The molecule has 4 nitrogen and oxygen atoms in total. The second kappa shape index (κ2) is 5.77. The SMILES string of the molecule is COc1cncc(C(=O)CNC2CCCC2)c1. The second-order valence-electron chi connectivity index (χ2n) is 4.40. The number of methoxy groups -OCH3 is 1. The van der Waals surface area contributed by atoms with Crippen LogP contribution in [0.25, 0.3) is 0 Å². The summed E-state index contributed by atoms with van der Waals surface area (Å²) in [6.07, 6.45) is 8.09. The average Bonchev–Trinajstić information content (AvgIpc) is 2.89. The van der Waals surface area contributed by atoms with Crippen molar-refractivity contribution in [3.05, 3.63) is 24.0 Å². The quantitative estimate of drug-likeness (QED) is 0.789. The van der Waals surface area contributed by atoms with Gasteiger partial charge in [-0.3, -0.25) is 9.78 Å². The van der Waals surface area contributed by atoms with Gasteiger partial charge in [0.2, 0.25) is 0 Å². The number of rotatable bonds is 5. The molecule has 0 amide bonds. The van der Waals surface area contributed by atoms with E-state index in [2.05, 4.69) is 10.3 Å². The highest BCUT2D eigenvalue weighted by Gasteiger charge is 2.16. The molecule has 1 aliphatic rings. The van der Waals surface area contributed by atoms with E-state index in [0.717, 1.165) is 0 Å². The number of aromatic nitrogens is 1. The summed E-state index contributed by atoms with van der Waals surface area (Å²) in [7, 11) is 1.57. The van der Waals surface area contributed by atoms with Crippen LogP contribution in [0.1, 0.15) is 36.0 Å². The molecular weight excluding hydrogens is 216 g/mol. The summed E-state index contributed by atoms with van der Waals surface area (Å²) in [5.74, 6) is 0.694.